The summed E-state index contributed by atoms with van der Waals surface area (Å²) < 4.78 is 0.914. The fraction of sp³-hybridized carbons (Fsp3) is 0.357. The van der Waals surface area contributed by atoms with Crippen LogP contribution in [0.3, 0.4) is 0 Å². The molecule has 106 valence electrons. The van der Waals surface area contributed by atoms with Gasteiger partial charge in [0, 0.05) is 12.7 Å². The second-order valence-corrected chi connectivity index (χ2v) is 5.47. The van der Waals surface area contributed by atoms with Gasteiger partial charge in [-0.1, -0.05) is 24.9 Å². The summed E-state index contributed by atoms with van der Waals surface area (Å²) in [7, 11) is 0. The Hall–Kier alpha value is -1.20. The number of nitrogens with zero attached hydrogens (tertiary/aromatic N) is 3. The third-order valence-corrected chi connectivity index (χ3v) is 3.86. The topological polar surface area (TPSA) is 50.7 Å². The molecule has 0 fully saturated rings. The summed E-state index contributed by atoms with van der Waals surface area (Å²) in [5.41, 5.74) is 1.58. The Bertz CT molecular complexity index is 576. The Labute approximate surface area is 132 Å². The van der Waals surface area contributed by atoms with Gasteiger partial charge in [-0.05, 0) is 41.4 Å². The van der Waals surface area contributed by atoms with E-state index in [2.05, 4.69) is 43.1 Å². The largest absolute Gasteiger partial charge is 0.369 e. The number of aryl methyl sites for hydroxylation is 1. The van der Waals surface area contributed by atoms with Crippen LogP contribution in [0.15, 0.2) is 22.8 Å². The van der Waals surface area contributed by atoms with Crippen molar-refractivity contribution in [1.82, 2.24) is 15.0 Å². The highest BCUT2D eigenvalue weighted by atomic mass is 79.9. The smallest absolute Gasteiger partial charge is 0.182 e. The van der Waals surface area contributed by atoms with Crippen molar-refractivity contribution in [2.24, 2.45) is 0 Å². The van der Waals surface area contributed by atoms with Gasteiger partial charge in [0.05, 0.1) is 15.2 Å². The van der Waals surface area contributed by atoms with Crippen molar-refractivity contribution in [3.63, 3.8) is 0 Å². The minimum Gasteiger partial charge on any atom is -0.369 e. The summed E-state index contributed by atoms with van der Waals surface area (Å²) in [6, 6.07) is 3.59. The predicted octanol–water partition coefficient (Wildman–Crippen LogP) is 4.34. The molecule has 2 aromatic rings. The van der Waals surface area contributed by atoms with Gasteiger partial charge in [-0.15, -0.1) is 0 Å². The van der Waals surface area contributed by atoms with Gasteiger partial charge in [-0.2, -0.15) is 0 Å². The molecule has 0 radical (unpaired) electrons. The summed E-state index contributed by atoms with van der Waals surface area (Å²) in [4.78, 5) is 13.4. The van der Waals surface area contributed by atoms with Crippen molar-refractivity contribution >= 4 is 33.3 Å². The first-order valence-electron chi connectivity index (χ1n) is 6.58. The third kappa shape index (κ3) is 3.27. The Morgan fingerprint density at radius 3 is 2.75 bits per heavy atom. The molecule has 0 unspecified atom stereocenters. The molecule has 6 heteroatoms. The maximum Gasteiger partial charge on any atom is 0.182 e. The summed E-state index contributed by atoms with van der Waals surface area (Å²) in [5, 5.41) is 3.79. The van der Waals surface area contributed by atoms with E-state index in [1.165, 1.54) is 0 Å². The fourth-order valence-corrected chi connectivity index (χ4v) is 2.56. The molecular weight excluding hydrogens is 340 g/mol. The molecule has 0 atom stereocenters. The summed E-state index contributed by atoms with van der Waals surface area (Å²) in [6.07, 6.45) is 3.58. The van der Waals surface area contributed by atoms with Crippen LogP contribution in [0, 0.1) is 0 Å². The normalized spacial score (nSPS) is 10.6. The Kier molecular flexibility index (Phi) is 5.31. The number of nitrogens with one attached hydrogen (secondary N) is 1. The Balaban J connectivity index is 2.56. The number of hydrogen-bond donors (Lipinski definition) is 1. The van der Waals surface area contributed by atoms with Crippen molar-refractivity contribution in [3.05, 3.63) is 33.5 Å². The minimum atomic E-state index is 0.554. The van der Waals surface area contributed by atoms with E-state index >= 15 is 0 Å². The number of pyridine rings is 1. The molecule has 1 N–H and O–H groups in total. The van der Waals surface area contributed by atoms with Crippen LogP contribution in [0.1, 0.15) is 26.0 Å². The maximum absolute atomic E-state index is 6.18. The SMILES string of the molecule is CCCc1nc(-c2ncccc2Cl)nc(NCC)c1Br. The van der Waals surface area contributed by atoms with Crippen LogP contribution in [0.25, 0.3) is 11.5 Å². The number of aromatic nitrogens is 3. The van der Waals surface area contributed by atoms with E-state index in [0.717, 1.165) is 35.4 Å². The van der Waals surface area contributed by atoms with Crippen molar-refractivity contribution in [1.29, 1.82) is 0 Å². The average molecular weight is 356 g/mol. The van der Waals surface area contributed by atoms with E-state index in [1.807, 2.05) is 6.92 Å². The van der Waals surface area contributed by atoms with Crippen molar-refractivity contribution < 1.29 is 0 Å². The number of rotatable bonds is 5. The molecule has 0 aliphatic carbocycles. The summed E-state index contributed by atoms with van der Waals surface area (Å²) in [5.74, 6) is 1.33. The first-order valence-corrected chi connectivity index (χ1v) is 7.75. The first-order chi connectivity index (χ1) is 9.67. The van der Waals surface area contributed by atoms with Gasteiger partial charge in [0.1, 0.15) is 11.5 Å². The predicted molar refractivity (Wildman–Crippen MR) is 86.1 cm³/mol. The number of halogens is 2. The van der Waals surface area contributed by atoms with Crippen LogP contribution in [0.4, 0.5) is 5.82 Å². The van der Waals surface area contributed by atoms with Crippen molar-refractivity contribution in [2.75, 3.05) is 11.9 Å². The van der Waals surface area contributed by atoms with Crippen LogP contribution >= 0.6 is 27.5 Å². The van der Waals surface area contributed by atoms with E-state index in [9.17, 15) is 0 Å². The van der Waals surface area contributed by atoms with E-state index in [4.69, 9.17) is 11.6 Å². The van der Waals surface area contributed by atoms with E-state index in [0.29, 0.717) is 16.5 Å². The lowest BCUT2D eigenvalue weighted by Gasteiger charge is -2.12. The van der Waals surface area contributed by atoms with E-state index in [1.54, 1.807) is 18.3 Å². The van der Waals surface area contributed by atoms with Gasteiger partial charge < -0.3 is 5.32 Å². The quantitative estimate of drug-likeness (QED) is 0.867. The zero-order chi connectivity index (χ0) is 14.5. The summed E-state index contributed by atoms with van der Waals surface area (Å²) in [6.45, 7) is 4.94. The van der Waals surface area contributed by atoms with E-state index < -0.39 is 0 Å². The monoisotopic (exact) mass is 354 g/mol. The highest BCUT2D eigenvalue weighted by Crippen LogP contribution is 2.29. The second-order valence-electron chi connectivity index (χ2n) is 4.27. The molecule has 2 heterocycles. The van der Waals surface area contributed by atoms with E-state index in [-0.39, 0.29) is 0 Å². The average Bonchev–Trinajstić information content (AvgIpc) is 2.44. The van der Waals surface area contributed by atoms with Gasteiger partial charge >= 0.3 is 0 Å². The second kappa shape index (κ2) is 6.99. The molecule has 0 saturated heterocycles. The molecule has 0 spiro atoms. The van der Waals surface area contributed by atoms with Gasteiger partial charge in [-0.25, -0.2) is 9.97 Å². The van der Waals surface area contributed by atoms with Crippen LogP contribution < -0.4 is 5.32 Å². The maximum atomic E-state index is 6.18. The highest BCUT2D eigenvalue weighted by Gasteiger charge is 2.15. The van der Waals surface area contributed by atoms with Gasteiger partial charge in [-0.3, -0.25) is 4.98 Å². The zero-order valence-corrected chi connectivity index (χ0v) is 13.8. The molecule has 0 aliphatic heterocycles. The van der Waals surface area contributed by atoms with Crippen molar-refractivity contribution in [3.8, 4) is 11.5 Å². The van der Waals surface area contributed by atoms with Gasteiger partial charge in [0.25, 0.3) is 0 Å². The van der Waals surface area contributed by atoms with Crippen LogP contribution in [0.2, 0.25) is 5.02 Å². The molecule has 0 bridgehead atoms. The highest BCUT2D eigenvalue weighted by molar-refractivity contribution is 9.10. The Morgan fingerprint density at radius 2 is 2.10 bits per heavy atom. The minimum absolute atomic E-state index is 0.554. The lowest BCUT2D eigenvalue weighted by atomic mass is 10.2. The molecule has 0 amide bonds. The van der Waals surface area contributed by atoms with Gasteiger partial charge in [0.15, 0.2) is 5.82 Å². The van der Waals surface area contributed by atoms with Crippen molar-refractivity contribution in [2.45, 2.75) is 26.7 Å². The molecule has 0 saturated carbocycles. The molecular formula is C14H16BrClN4. The molecule has 20 heavy (non-hydrogen) atoms. The lowest BCUT2D eigenvalue weighted by molar-refractivity contribution is 0.866. The molecule has 0 aliphatic rings. The Morgan fingerprint density at radius 1 is 1.30 bits per heavy atom. The van der Waals surface area contributed by atoms with Crippen LogP contribution in [-0.2, 0) is 6.42 Å². The zero-order valence-electron chi connectivity index (χ0n) is 11.5. The van der Waals surface area contributed by atoms with Gasteiger partial charge in [0.2, 0.25) is 0 Å². The first kappa shape index (κ1) is 15.2. The summed E-state index contributed by atoms with van der Waals surface area (Å²) >= 11 is 9.75. The van der Waals surface area contributed by atoms with Crippen LogP contribution in [-0.4, -0.2) is 21.5 Å². The standard InChI is InChI=1S/C14H16BrClN4/c1-3-6-10-11(15)13(17-4-2)20-14(19-10)12-9(16)7-5-8-18-12/h5,7-8H,3-4,6H2,1-2H3,(H,17,19,20). The molecule has 2 aromatic heterocycles. The number of hydrogen-bond acceptors (Lipinski definition) is 4. The molecule has 0 aromatic carbocycles. The fourth-order valence-electron chi connectivity index (χ4n) is 1.84. The number of anilines is 1. The lowest BCUT2D eigenvalue weighted by Crippen LogP contribution is -2.07. The van der Waals surface area contributed by atoms with Crippen LogP contribution in [0.5, 0.6) is 0 Å². The molecule has 2 rings (SSSR count). The molecule has 4 nitrogen and oxygen atoms in total. The third-order valence-electron chi connectivity index (χ3n) is 2.72.